The number of carbonyl (C=O) groups excluding carboxylic acids is 2. The number of anilines is 1. The number of hydrogen-bond donors (Lipinski definition) is 3. The number of nitrogen functional groups attached to an aromatic ring is 1. The summed E-state index contributed by atoms with van der Waals surface area (Å²) in [5.74, 6) is -0.700. The maximum absolute atomic E-state index is 12.7. The maximum Gasteiger partial charge on any atom is 0.352 e. The van der Waals surface area contributed by atoms with Gasteiger partial charge in [0.1, 0.15) is 22.1 Å². The molecular formula is C19H19N5O5S3. The summed E-state index contributed by atoms with van der Waals surface area (Å²) in [6.45, 7) is 0. The van der Waals surface area contributed by atoms with Crippen molar-refractivity contribution in [2.45, 2.75) is 22.9 Å². The van der Waals surface area contributed by atoms with E-state index in [9.17, 15) is 19.5 Å². The molecule has 4 rings (SSSR count). The summed E-state index contributed by atoms with van der Waals surface area (Å²) in [6.07, 6.45) is 1.58. The number of aromatic nitrogens is 2. The fourth-order valence-electron chi connectivity index (χ4n) is 3.32. The van der Waals surface area contributed by atoms with E-state index in [2.05, 4.69) is 15.3 Å². The number of aliphatic carboxylic acids is 1. The third kappa shape index (κ3) is 4.40. The van der Waals surface area contributed by atoms with Crippen LogP contribution in [-0.2, 0) is 20.8 Å². The lowest BCUT2D eigenvalue weighted by atomic mass is 10.0. The number of nitrogens with two attached hydrogens (primary N) is 1. The van der Waals surface area contributed by atoms with E-state index in [1.807, 2.05) is 17.5 Å². The molecule has 0 aromatic carbocycles. The van der Waals surface area contributed by atoms with Gasteiger partial charge in [-0.1, -0.05) is 17.8 Å². The summed E-state index contributed by atoms with van der Waals surface area (Å²) in [4.78, 5) is 47.4. The normalized spacial score (nSPS) is 19.9. The van der Waals surface area contributed by atoms with Gasteiger partial charge in [-0.3, -0.25) is 14.5 Å². The van der Waals surface area contributed by atoms with Crippen molar-refractivity contribution >= 4 is 58.5 Å². The smallest absolute Gasteiger partial charge is 0.352 e. The Morgan fingerprint density at radius 2 is 2.28 bits per heavy atom. The van der Waals surface area contributed by atoms with Crippen LogP contribution in [0.1, 0.15) is 4.88 Å². The molecular weight excluding hydrogens is 474 g/mol. The molecule has 0 spiro atoms. The second kappa shape index (κ2) is 9.38. The van der Waals surface area contributed by atoms with Crippen LogP contribution < -0.4 is 15.8 Å². The van der Waals surface area contributed by atoms with Crippen LogP contribution in [0.15, 0.2) is 40.0 Å². The first-order valence-corrected chi connectivity index (χ1v) is 12.3. The third-order valence-corrected chi connectivity index (χ3v) is 8.10. The summed E-state index contributed by atoms with van der Waals surface area (Å²) in [6, 6.07) is 2.97. The highest BCUT2D eigenvalue weighted by molar-refractivity contribution is 8.01. The number of fused-ring (bicyclic) bond motifs is 1. The van der Waals surface area contributed by atoms with E-state index in [1.54, 1.807) is 0 Å². The summed E-state index contributed by atoms with van der Waals surface area (Å²) >= 11 is 4.11. The molecule has 4 heterocycles. The van der Waals surface area contributed by atoms with Crippen molar-refractivity contribution in [1.29, 1.82) is 0 Å². The van der Waals surface area contributed by atoms with Gasteiger partial charge >= 0.3 is 5.97 Å². The van der Waals surface area contributed by atoms with Gasteiger partial charge < -0.3 is 20.9 Å². The average molecular weight is 494 g/mol. The molecule has 2 aliphatic rings. The van der Waals surface area contributed by atoms with Crippen molar-refractivity contribution in [3.63, 3.8) is 0 Å². The average Bonchev–Trinajstić information content (AvgIpc) is 3.29. The number of rotatable bonds is 8. The van der Waals surface area contributed by atoms with Crippen molar-refractivity contribution in [2.75, 3.05) is 24.3 Å². The van der Waals surface area contributed by atoms with Crippen LogP contribution in [0.5, 0.6) is 5.88 Å². The number of ether oxygens (including phenoxy) is 1. The van der Waals surface area contributed by atoms with Crippen LogP contribution in [0.2, 0.25) is 0 Å². The molecule has 2 aromatic heterocycles. The van der Waals surface area contributed by atoms with Crippen molar-refractivity contribution < 1.29 is 24.2 Å². The number of hydrogen-bond acceptors (Lipinski definition) is 10. The van der Waals surface area contributed by atoms with Crippen molar-refractivity contribution in [2.24, 2.45) is 0 Å². The topological polar surface area (TPSA) is 148 Å². The van der Waals surface area contributed by atoms with E-state index < -0.39 is 23.3 Å². The van der Waals surface area contributed by atoms with Gasteiger partial charge in [0.15, 0.2) is 5.82 Å². The standard InChI is InChI=1S/C19H19N5O5S3/c1-29-12-6-21-15(20)16(23-12)31-7-9-8-32-18-13(17(26)24(18)14(9)19(27)28)22-11(25)5-10-3-2-4-30-10/h2-4,6,13,18H,5,7-8H2,1H3,(H2,20,21)(H,22,25)(H,27,28)/t13?,18-/m1/s1. The number of thiophene rings is 1. The summed E-state index contributed by atoms with van der Waals surface area (Å²) in [5, 5.41) is 14.4. The third-order valence-electron chi connectivity index (χ3n) is 4.82. The van der Waals surface area contributed by atoms with E-state index in [1.165, 1.54) is 53.1 Å². The lowest BCUT2D eigenvalue weighted by Gasteiger charge is -2.49. The van der Waals surface area contributed by atoms with E-state index in [4.69, 9.17) is 10.5 Å². The molecule has 10 nitrogen and oxygen atoms in total. The number of carboxylic acid groups (broad SMARTS) is 1. The van der Waals surface area contributed by atoms with Crippen molar-refractivity contribution in [3.8, 4) is 5.88 Å². The molecule has 0 saturated carbocycles. The molecule has 1 unspecified atom stereocenters. The zero-order valence-corrected chi connectivity index (χ0v) is 19.3. The van der Waals surface area contributed by atoms with E-state index in [0.717, 1.165) is 4.88 Å². The Balaban J connectivity index is 1.46. The zero-order chi connectivity index (χ0) is 22.8. The largest absolute Gasteiger partial charge is 0.480 e. The minimum atomic E-state index is -1.19. The van der Waals surface area contributed by atoms with E-state index in [-0.39, 0.29) is 29.6 Å². The lowest BCUT2D eigenvalue weighted by molar-refractivity contribution is -0.150. The van der Waals surface area contributed by atoms with Crippen LogP contribution >= 0.6 is 34.9 Å². The Morgan fingerprint density at radius 1 is 1.47 bits per heavy atom. The van der Waals surface area contributed by atoms with Gasteiger partial charge in [-0.2, -0.15) is 0 Å². The van der Waals surface area contributed by atoms with Crippen LogP contribution in [0.25, 0.3) is 0 Å². The SMILES string of the molecule is COc1cnc(N)c(SCC2=C(C(=O)O)N3C(=O)C(NC(=O)Cc4cccs4)[C@H]3SC2)n1. The lowest BCUT2D eigenvalue weighted by Crippen LogP contribution is -2.70. The summed E-state index contributed by atoms with van der Waals surface area (Å²) in [7, 11) is 1.46. The van der Waals surface area contributed by atoms with Gasteiger partial charge in [0, 0.05) is 16.4 Å². The minimum Gasteiger partial charge on any atom is -0.480 e. The number of carbonyl (C=O) groups is 3. The molecule has 2 amide bonds. The number of thioether (sulfide) groups is 2. The highest BCUT2D eigenvalue weighted by atomic mass is 32.2. The molecule has 13 heteroatoms. The number of methoxy groups -OCH3 is 1. The molecule has 168 valence electrons. The Hall–Kier alpha value is -2.77. The fourth-order valence-corrected chi connectivity index (χ4v) is 6.40. The first-order valence-electron chi connectivity index (χ1n) is 9.40. The van der Waals surface area contributed by atoms with Gasteiger partial charge in [0.2, 0.25) is 11.8 Å². The fraction of sp³-hybridized carbons (Fsp3) is 0.316. The van der Waals surface area contributed by atoms with Crippen LogP contribution in [0, 0.1) is 0 Å². The Morgan fingerprint density at radius 3 is 2.97 bits per heavy atom. The van der Waals surface area contributed by atoms with Crippen LogP contribution in [0.3, 0.4) is 0 Å². The van der Waals surface area contributed by atoms with Crippen molar-refractivity contribution in [1.82, 2.24) is 20.2 Å². The maximum atomic E-state index is 12.7. The molecule has 1 saturated heterocycles. The van der Waals surface area contributed by atoms with Crippen LogP contribution in [0.4, 0.5) is 5.82 Å². The Labute approximate surface area is 195 Å². The van der Waals surface area contributed by atoms with E-state index in [0.29, 0.717) is 22.2 Å². The molecule has 0 bridgehead atoms. The second-order valence-corrected chi connectivity index (χ2v) is 9.96. The summed E-state index contributed by atoms with van der Waals surface area (Å²) < 4.78 is 5.05. The number of carboxylic acids is 1. The minimum absolute atomic E-state index is 0.0515. The zero-order valence-electron chi connectivity index (χ0n) is 16.8. The number of amides is 2. The monoisotopic (exact) mass is 493 g/mol. The molecule has 0 radical (unpaired) electrons. The predicted molar refractivity (Wildman–Crippen MR) is 121 cm³/mol. The molecule has 2 aromatic rings. The molecule has 32 heavy (non-hydrogen) atoms. The molecule has 1 fully saturated rings. The summed E-state index contributed by atoms with van der Waals surface area (Å²) in [5.41, 5.74) is 6.38. The predicted octanol–water partition coefficient (Wildman–Crippen LogP) is 1.20. The molecule has 2 atom stereocenters. The Bertz CT molecular complexity index is 1090. The second-order valence-electron chi connectivity index (χ2n) is 6.86. The highest BCUT2D eigenvalue weighted by Gasteiger charge is 2.54. The number of nitrogens with zero attached hydrogens (tertiary/aromatic N) is 3. The van der Waals surface area contributed by atoms with E-state index >= 15 is 0 Å². The Kier molecular flexibility index (Phi) is 6.58. The molecule has 0 aliphatic carbocycles. The van der Waals surface area contributed by atoms with Crippen molar-refractivity contribution in [3.05, 3.63) is 39.9 Å². The highest BCUT2D eigenvalue weighted by Crippen LogP contribution is 2.41. The molecule has 4 N–H and O–H groups in total. The first-order chi connectivity index (χ1) is 15.4. The molecule has 2 aliphatic heterocycles. The quantitative estimate of drug-likeness (QED) is 0.362. The van der Waals surface area contributed by atoms with Crippen LogP contribution in [-0.4, -0.2) is 67.8 Å². The number of β-lactam (4-membered cyclic amide) rings is 1. The van der Waals surface area contributed by atoms with Gasteiger partial charge in [0.05, 0.1) is 19.7 Å². The van der Waals surface area contributed by atoms with Gasteiger partial charge in [0.25, 0.3) is 5.91 Å². The first kappa shape index (κ1) is 22.4. The van der Waals surface area contributed by atoms with Gasteiger partial charge in [-0.15, -0.1) is 23.1 Å². The van der Waals surface area contributed by atoms with Gasteiger partial charge in [-0.25, -0.2) is 14.8 Å². The number of nitrogens with one attached hydrogen (secondary N) is 1. The van der Waals surface area contributed by atoms with Gasteiger partial charge in [-0.05, 0) is 17.0 Å².